The molecule has 0 saturated heterocycles. The van der Waals surface area contributed by atoms with Gasteiger partial charge in [-0.05, 0) is 0 Å². The Morgan fingerprint density at radius 2 is 2.36 bits per heavy atom. The van der Waals surface area contributed by atoms with Crippen molar-refractivity contribution in [3.05, 3.63) is 23.0 Å². The highest BCUT2D eigenvalue weighted by Crippen LogP contribution is 1.97. The van der Waals surface area contributed by atoms with Gasteiger partial charge in [-0.3, -0.25) is 4.79 Å². The zero-order valence-electron chi connectivity index (χ0n) is 5.48. The third-order valence-electron chi connectivity index (χ3n) is 1.38. The first kappa shape index (κ1) is 5.90. The van der Waals surface area contributed by atoms with Gasteiger partial charge in [-0.2, -0.15) is 4.98 Å². The first-order chi connectivity index (χ1) is 5.29. The van der Waals surface area contributed by atoms with Gasteiger partial charge in [0.05, 0.1) is 6.33 Å². The molecule has 2 heterocycles. The van der Waals surface area contributed by atoms with E-state index in [4.69, 9.17) is 5.84 Å². The number of fused-ring (bicyclic) bond motifs is 1. The summed E-state index contributed by atoms with van der Waals surface area (Å²) in [7, 11) is 0. The number of nitrogens with two attached hydrogens (primary N) is 1. The maximum atomic E-state index is 10.9. The number of imidazole rings is 1. The molecule has 2 aromatic rings. The van der Waals surface area contributed by atoms with Crippen LogP contribution < -0.4 is 11.4 Å². The fourth-order valence-electron chi connectivity index (χ4n) is 0.874. The van der Waals surface area contributed by atoms with Crippen LogP contribution in [0, 0.1) is 0 Å². The molecule has 6 heteroatoms. The van der Waals surface area contributed by atoms with Crippen molar-refractivity contribution in [3.8, 4) is 0 Å². The fraction of sp³-hybridized carbons (Fsp3) is 0. The van der Waals surface area contributed by atoms with Gasteiger partial charge in [-0.15, -0.1) is 0 Å². The lowest BCUT2D eigenvalue weighted by atomic mass is 10.5. The van der Waals surface area contributed by atoms with E-state index in [1.165, 1.54) is 17.3 Å². The molecule has 2 aromatic heterocycles. The molecule has 0 atom stereocenters. The number of nitrogen functional groups attached to an aromatic ring is 1. The zero-order valence-corrected chi connectivity index (χ0v) is 5.48. The number of nitrogens with one attached hydrogen (secondary N) is 1. The lowest BCUT2D eigenvalue weighted by Gasteiger charge is -1.90. The molecule has 0 saturated carbocycles. The smallest absolute Gasteiger partial charge is 0.300 e. The molecule has 0 bridgehead atoms. The Kier molecular flexibility index (Phi) is 0.974. The monoisotopic (exact) mass is 151 g/mol. The molecule has 0 unspecified atom stereocenters. The molecule has 6 nitrogen and oxygen atoms in total. The van der Waals surface area contributed by atoms with Gasteiger partial charge in [-0.25, -0.2) is 9.66 Å². The third kappa shape index (κ3) is 0.689. The SMILES string of the molecule is Nn1cnc2c(=O)nc[nH]c21. The van der Waals surface area contributed by atoms with Crippen LogP contribution in [0.4, 0.5) is 0 Å². The van der Waals surface area contributed by atoms with Crippen molar-refractivity contribution in [1.82, 2.24) is 19.6 Å². The van der Waals surface area contributed by atoms with Crippen molar-refractivity contribution in [2.75, 3.05) is 5.84 Å². The minimum Gasteiger partial charge on any atom is -0.336 e. The molecule has 0 fully saturated rings. The summed E-state index contributed by atoms with van der Waals surface area (Å²) in [5.41, 5.74) is 0.364. The van der Waals surface area contributed by atoms with Gasteiger partial charge in [0.1, 0.15) is 6.33 Å². The van der Waals surface area contributed by atoms with Crippen LogP contribution in [-0.2, 0) is 0 Å². The van der Waals surface area contributed by atoms with Crippen molar-refractivity contribution in [3.63, 3.8) is 0 Å². The molecular formula is C5H5N5O. The first-order valence-corrected chi connectivity index (χ1v) is 2.95. The van der Waals surface area contributed by atoms with Crippen molar-refractivity contribution >= 4 is 11.2 Å². The van der Waals surface area contributed by atoms with Crippen LogP contribution in [-0.4, -0.2) is 19.6 Å². The molecule has 0 radical (unpaired) electrons. The largest absolute Gasteiger partial charge is 0.336 e. The van der Waals surface area contributed by atoms with Gasteiger partial charge in [0, 0.05) is 0 Å². The number of aromatic nitrogens is 4. The second-order valence-corrected chi connectivity index (χ2v) is 2.06. The van der Waals surface area contributed by atoms with Crippen LogP contribution in [0.15, 0.2) is 17.4 Å². The lowest BCUT2D eigenvalue weighted by molar-refractivity contribution is 1.01. The molecule has 0 aliphatic heterocycles. The Morgan fingerprint density at radius 1 is 1.55 bits per heavy atom. The Hall–Kier alpha value is -1.85. The van der Waals surface area contributed by atoms with Crippen molar-refractivity contribution in [1.29, 1.82) is 0 Å². The second-order valence-electron chi connectivity index (χ2n) is 2.06. The molecule has 0 spiro atoms. The summed E-state index contributed by atoms with van der Waals surface area (Å²) in [5, 5.41) is 0. The summed E-state index contributed by atoms with van der Waals surface area (Å²) in [5.74, 6) is 5.40. The van der Waals surface area contributed by atoms with Crippen LogP contribution in [0.1, 0.15) is 0 Å². The summed E-state index contributed by atoms with van der Waals surface area (Å²) in [4.78, 5) is 20.9. The van der Waals surface area contributed by atoms with Crippen LogP contribution in [0.25, 0.3) is 11.2 Å². The number of hydrogen-bond acceptors (Lipinski definition) is 4. The highest BCUT2D eigenvalue weighted by Gasteiger charge is 2.02. The lowest BCUT2D eigenvalue weighted by Crippen LogP contribution is -2.10. The predicted octanol–water partition coefficient (Wildman–Crippen LogP) is -1.17. The van der Waals surface area contributed by atoms with Crippen molar-refractivity contribution in [2.45, 2.75) is 0 Å². The maximum absolute atomic E-state index is 10.9. The number of nitrogens with zero attached hydrogens (tertiary/aromatic N) is 3. The number of rotatable bonds is 0. The van der Waals surface area contributed by atoms with E-state index in [9.17, 15) is 4.79 Å². The van der Waals surface area contributed by atoms with E-state index in [0.29, 0.717) is 5.65 Å². The first-order valence-electron chi connectivity index (χ1n) is 2.95. The molecule has 0 aromatic carbocycles. The summed E-state index contributed by atoms with van der Waals surface area (Å²) in [6, 6.07) is 0. The van der Waals surface area contributed by atoms with Crippen LogP contribution in [0.5, 0.6) is 0 Å². The minimum atomic E-state index is -0.372. The molecule has 0 aliphatic carbocycles. The summed E-state index contributed by atoms with van der Waals surface area (Å²) < 4.78 is 1.23. The van der Waals surface area contributed by atoms with E-state index in [1.807, 2.05) is 0 Å². The standard InChI is InChI=1S/C5H5N5O/c6-10-2-9-3-4(10)7-1-8-5(3)11/h1-2H,6H2,(H,7,8,11). The summed E-state index contributed by atoms with van der Waals surface area (Å²) in [6.45, 7) is 0. The van der Waals surface area contributed by atoms with E-state index in [0.717, 1.165) is 0 Å². The molecule has 56 valence electrons. The van der Waals surface area contributed by atoms with E-state index in [1.54, 1.807) is 0 Å². The minimum absolute atomic E-state index is 0.259. The van der Waals surface area contributed by atoms with Gasteiger partial charge < -0.3 is 10.8 Å². The molecule has 2 rings (SSSR count). The quantitative estimate of drug-likeness (QED) is 0.464. The van der Waals surface area contributed by atoms with Gasteiger partial charge >= 0.3 is 5.56 Å². The molecule has 3 N–H and O–H groups in total. The van der Waals surface area contributed by atoms with Crippen molar-refractivity contribution in [2.24, 2.45) is 0 Å². The fourth-order valence-corrected chi connectivity index (χ4v) is 0.874. The van der Waals surface area contributed by atoms with Gasteiger partial charge in [0.2, 0.25) is 0 Å². The highest BCUT2D eigenvalue weighted by atomic mass is 16.1. The predicted molar refractivity (Wildman–Crippen MR) is 38.3 cm³/mol. The van der Waals surface area contributed by atoms with Gasteiger partial charge in [0.25, 0.3) is 0 Å². The van der Waals surface area contributed by atoms with Crippen LogP contribution >= 0.6 is 0 Å². The number of aromatic amines is 1. The number of hydrogen-bond donors (Lipinski definition) is 2. The van der Waals surface area contributed by atoms with Gasteiger partial charge in [-0.1, -0.05) is 0 Å². The third-order valence-corrected chi connectivity index (χ3v) is 1.38. The number of H-pyrrole nitrogens is 1. The Bertz CT molecular complexity index is 441. The van der Waals surface area contributed by atoms with Gasteiger partial charge in [0.15, 0.2) is 11.2 Å². The molecular weight excluding hydrogens is 146 g/mol. The summed E-state index contributed by atoms with van der Waals surface area (Å²) in [6.07, 6.45) is 2.64. The summed E-state index contributed by atoms with van der Waals surface area (Å²) >= 11 is 0. The normalized spacial score (nSPS) is 10.5. The van der Waals surface area contributed by atoms with Crippen LogP contribution in [0.2, 0.25) is 0 Å². The van der Waals surface area contributed by atoms with E-state index < -0.39 is 0 Å². The molecule has 0 aliphatic rings. The van der Waals surface area contributed by atoms with Crippen molar-refractivity contribution < 1.29 is 0 Å². The molecule has 0 amide bonds. The van der Waals surface area contributed by atoms with Crippen LogP contribution in [0.3, 0.4) is 0 Å². The maximum Gasteiger partial charge on any atom is 0.300 e. The Morgan fingerprint density at radius 3 is 3.09 bits per heavy atom. The Labute approximate surface area is 60.7 Å². The van der Waals surface area contributed by atoms with E-state index >= 15 is 0 Å². The average molecular weight is 151 g/mol. The molecule has 11 heavy (non-hydrogen) atoms. The second kappa shape index (κ2) is 1.82. The Balaban J connectivity index is 3.06. The van der Waals surface area contributed by atoms with E-state index in [2.05, 4.69) is 15.0 Å². The topological polar surface area (TPSA) is 89.6 Å². The van der Waals surface area contributed by atoms with E-state index in [-0.39, 0.29) is 11.1 Å². The average Bonchev–Trinajstić information content (AvgIpc) is 2.35. The zero-order chi connectivity index (χ0) is 7.84. The highest BCUT2D eigenvalue weighted by molar-refractivity contribution is 5.68.